The van der Waals surface area contributed by atoms with Gasteiger partial charge in [0, 0.05) is 18.8 Å². The molecule has 0 saturated carbocycles. The molecule has 0 unspecified atom stereocenters. The van der Waals surface area contributed by atoms with Gasteiger partial charge in [0.1, 0.15) is 6.33 Å². The number of ether oxygens (including phenoxy) is 1. The van der Waals surface area contributed by atoms with Crippen LogP contribution in [0.5, 0.6) is 0 Å². The molecule has 172 valence electrons. The van der Waals surface area contributed by atoms with Crippen LogP contribution < -0.4 is 10.2 Å². The summed E-state index contributed by atoms with van der Waals surface area (Å²) in [5.74, 6) is -0.769. The molecule has 1 aliphatic rings. The first kappa shape index (κ1) is 23.2. The Labute approximate surface area is 181 Å². The molecule has 0 spiro atoms. The van der Waals surface area contributed by atoms with Crippen molar-refractivity contribution in [2.45, 2.75) is 32.9 Å². The van der Waals surface area contributed by atoms with Crippen molar-refractivity contribution in [1.82, 2.24) is 9.97 Å². The lowest BCUT2D eigenvalue weighted by atomic mass is 9.97. The number of hydrogen-bond donors (Lipinski definition) is 1. The van der Waals surface area contributed by atoms with Gasteiger partial charge < -0.3 is 15.0 Å². The second-order valence-electron chi connectivity index (χ2n) is 7.38. The summed E-state index contributed by atoms with van der Waals surface area (Å²) in [7, 11) is 0. The first-order chi connectivity index (χ1) is 15.1. The summed E-state index contributed by atoms with van der Waals surface area (Å²) in [5, 5.41) is 14.5. The van der Waals surface area contributed by atoms with Crippen molar-refractivity contribution in [1.29, 1.82) is 0 Å². The molecular formula is C20H22F3N5O4. The van der Waals surface area contributed by atoms with E-state index in [1.807, 2.05) is 0 Å². The van der Waals surface area contributed by atoms with Crippen molar-refractivity contribution in [3.8, 4) is 0 Å². The lowest BCUT2D eigenvalue weighted by molar-refractivity contribution is -0.383. The van der Waals surface area contributed by atoms with Gasteiger partial charge in [-0.3, -0.25) is 14.9 Å². The number of carbonyl (C=O) groups excluding carboxylic acids is 1. The van der Waals surface area contributed by atoms with Crippen LogP contribution in [0.15, 0.2) is 24.5 Å². The Morgan fingerprint density at radius 2 is 1.97 bits per heavy atom. The van der Waals surface area contributed by atoms with E-state index in [-0.39, 0.29) is 35.8 Å². The molecule has 1 fully saturated rings. The number of aryl methyl sites for hydroxylation is 1. The molecular weight excluding hydrogens is 431 g/mol. The first-order valence-corrected chi connectivity index (χ1v) is 9.97. The zero-order valence-corrected chi connectivity index (χ0v) is 17.5. The molecule has 0 aliphatic carbocycles. The van der Waals surface area contributed by atoms with E-state index in [0.717, 1.165) is 18.5 Å². The lowest BCUT2D eigenvalue weighted by Gasteiger charge is -2.31. The highest BCUT2D eigenvalue weighted by molar-refractivity contribution is 5.76. The predicted octanol–water partition coefficient (Wildman–Crippen LogP) is 4.24. The molecule has 1 N–H and O–H groups in total. The second kappa shape index (κ2) is 9.37. The van der Waals surface area contributed by atoms with Crippen molar-refractivity contribution in [2.24, 2.45) is 5.92 Å². The number of nitrogens with zero attached hydrogens (tertiary/aromatic N) is 4. The minimum Gasteiger partial charge on any atom is -0.466 e. The topological polar surface area (TPSA) is 110 Å². The van der Waals surface area contributed by atoms with Crippen LogP contribution in [-0.2, 0) is 15.7 Å². The number of anilines is 3. The van der Waals surface area contributed by atoms with Gasteiger partial charge >= 0.3 is 17.8 Å². The number of aromatic nitrogens is 2. The van der Waals surface area contributed by atoms with Gasteiger partial charge in [0.15, 0.2) is 0 Å². The molecule has 0 atom stereocenters. The average Bonchev–Trinajstić information content (AvgIpc) is 2.72. The molecule has 1 saturated heterocycles. The molecule has 1 aromatic heterocycles. The number of nitro groups is 1. The number of nitrogens with one attached hydrogen (secondary N) is 1. The van der Waals surface area contributed by atoms with E-state index < -0.39 is 22.4 Å². The van der Waals surface area contributed by atoms with Gasteiger partial charge in [-0.25, -0.2) is 9.97 Å². The van der Waals surface area contributed by atoms with E-state index in [1.54, 1.807) is 11.8 Å². The SMILES string of the molecule is CCOC(=O)C1CCN(c2ncnc(Nc3cc(C)cc(C(F)(F)F)c3)c2[N+](=O)[O-])CC1. The summed E-state index contributed by atoms with van der Waals surface area (Å²) in [6, 6.07) is 3.29. The minimum absolute atomic E-state index is 0.0195. The van der Waals surface area contributed by atoms with Gasteiger partial charge in [-0.2, -0.15) is 13.2 Å². The van der Waals surface area contributed by atoms with Crippen LogP contribution in [0.4, 0.5) is 36.2 Å². The molecule has 0 amide bonds. The molecule has 0 bridgehead atoms. The molecule has 2 heterocycles. The van der Waals surface area contributed by atoms with E-state index in [0.29, 0.717) is 31.5 Å². The fraction of sp³-hybridized carbons (Fsp3) is 0.450. The maximum absolute atomic E-state index is 13.1. The van der Waals surface area contributed by atoms with Crippen LogP contribution in [0.25, 0.3) is 0 Å². The van der Waals surface area contributed by atoms with Crippen molar-refractivity contribution < 1.29 is 27.6 Å². The molecule has 9 nitrogen and oxygen atoms in total. The fourth-order valence-electron chi connectivity index (χ4n) is 3.60. The quantitative estimate of drug-likeness (QED) is 0.393. The monoisotopic (exact) mass is 453 g/mol. The summed E-state index contributed by atoms with van der Waals surface area (Å²) in [6.07, 6.45) is -2.57. The number of carbonyl (C=O) groups is 1. The minimum atomic E-state index is -4.56. The highest BCUT2D eigenvalue weighted by atomic mass is 19.4. The third-order valence-corrected chi connectivity index (χ3v) is 5.07. The Bertz CT molecular complexity index is 1010. The average molecular weight is 453 g/mol. The maximum atomic E-state index is 13.1. The largest absolute Gasteiger partial charge is 0.466 e. The van der Waals surface area contributed by atoms with E-state index in [4.69, 9.17) is 4.74 Å². The summed E-state index contributed by atoms with van der Waals surface area (Å²) in [6.45, 7) is 4.17. The van der Waals surface area contributed by atoms with Crippen LogP contribution in [0.3, 0.4) is 0 Å². The zero-order valence-electron chi connectivity index (χ0n) is 17.5. The molecule has 2 aromatic rings. The Morgan fingerprint density at radius 1 is 1.28 bits per heavy atom. The smallest absolute Gasteiger partial charge is 0.416 e. The lowest BCUT2D eigenvalue weighted by Crippen LogP contribution is -2.37. The first-order valence-electron chi connectivity index (χ1n) is 9.97. The van der Waals surface area contributed by atoms with Crippen LogP contribution in [-0.4, -0.2) is 40.6 Å². The fourth-order valence-corrected chi connectivity index (χ4v) is 3.60. The normalized spacial score (nSPS) is 14.8. The summed E-state index contributed by atoms with van der Waals surface area (Å²) in [5.41, 5.74) is -0.971. The molecule has 12 heteroatoms. The van der Waals surface area contributed by atoms with Crippen LogP contribution in [0, 0.1) is 23.0 Å². The molecule has 1 aliphatic heterocycles. The molecule has 1 aromatic carbocycles. The number of esters is 1. The molecule has 3 rings (SSSR count). The Kier molecular flexibility index (Phi) is 6.80. The van der Waals surface area contributed by atoms with Gasteiger partial charge in [-0.15, -0.1) is 0 Å². The number of rotatable bonds is 6. The summed E-state index contributed by atoms with van der Waals surface area (Å²) < 4.78 is 44.4. The van der Waals surface area contributed by atoms with Crippen molar-refractivity contribution >= 4 is 29.0 Å². The van der Waals surface area contributed by atoms with Crippen LogP contribution in [0.1, 0.15) is 30.9 Å². The van der Waals surface area contributed by atoms with Crippen molar-refractivity contribution in [3.05, 3.63) is 45.8 Å². The van der Waals surface area contributed by atoms with Gasteiger partial charge in [0.25, 0.3) is 0 Å². The van der Waals surface area contributed by atoms with E-state index >= 15 is 0 Å². The van der Waals surface area contributed by atoms with E-state index in [2.05, 4.69) is 15.3 Å². The Balaban J connectivity index is 1.88. The van der Waals surface area contributed by atoms with Gasteiger partial charge in [-0.1, -0.05) is 0 Å². The van der Waals surface area contributed by atoms with Gasteiger partial charge in [-0.05, 0) is 50.5 Å². The Hall–Kier alpha value is -3.44. The Morgan fingerprint density at radius 3 is 2.56 bits per heavy atom. The second-order valence-corrected chi connectivity index (χ2v) is 7.38. The standard InChI is InChI=1S/C20H22F3N5O4/c1-3-32-19(29)13-4-6-27(7-5-13)18-16(28(30)31)17(24-11-25-18)26-15-9-12(2)8-14(10-15)20(21,22)23/h8-11,13H,3-7H2,1-2H3,(H,24,25,26). The van der Waals surface area contributed by atoms with Crippen LogP contribution in [0.2, 0.25) is 0 Å². The summed E-state index contributed by atoms with van der Waals surface area (Å²) >= 11 is 0. The van der Waals surface area contributed by atoms with Crippen LogP contribution >= 0.6 is 0 Å². The molecule has 0 radical (unpaired) electrons. The molecule has 32 heavy (non-hydrogen) atoms. The number of hydrogen-bond acceptors (Lipinski definition) is 8. The van der Waals surface area contributed by atoms with E-state index in [9.17, 15) is 28.1 Å². The summed E-state index contributed by atoms with van der Waals surface area (Å²) in [4.78, 5) is 32.7. The van der Waals surface area contributed by atoms with Crippen molar-refractivity contribution in [2.75, 3.05) is 29.9 Å². The maximum Gasteiger partial charge on any atom is 0.416 e. The van der Waals surface area contributed by atoms with Gasteiger partial charge in [0.05, 0.1) is 23.0 Å². The number of piperidine rings is 1. The predicted molar refractivity (Wildman–Crippen MR) is 110 cm³/mol. The highest BCUT2D eigenvalue weighted by Crippen LogP contribution is 2.37. The third-order valence-electron chi connectivity index (χ3n) is 5.07. The third kappa shape index (κ3) is 5.24. The number of halogens is 3. The number of benzene rings is 1. The van der Waals surface area contributed by atoms with Crippen molar-refractivity contribution in [3.63, 3.8) is 0 Å². The van der Waals surface area contributed by atoms with E-state index in [1.165, 1.54) is 13.0 Å². The van der Waals surface area contributed by atoms with Gasteiger partial charge in [0.2, 0.25) is 11.6 Å². The number of alkyl halides is 3. The highest BCUT2D eigenvalue weighted by Gasteiger charge is 2.33. The zero-order chi connectivity index (χ0) is 23.5.